The molecule has 0 aliphatic carbocycles. The molecule has 0 saturated heterocycles. The van der Waals surface area contributed by atoms with Gasteiger partial charge >= 0.3 is 5.97 Å². The molecule has 0 amide bonds. The predicted octanol–water partition coefficient (Wildman–Crippen LogP) is 3.39. The molecule has 0 aliphatic heterocycles. The third-order valence-corrected chi connectivity index (χ3v) is 4.93. The molecule has 118 valence electrons. The van der Waals surface area contributed by atoms with Gasteiger partial charge in [-0.05, 0) is 32.6 Å². The number of hydrogen-bond acceptors (Lipinski definition) is 3. The Hall–Kier alpha value is -0.900. The van der Waals surface area contributed by atoms with Crippen LogP contribution in [0, 0.1) is 5.41 Å². The summed E-state index contributed by atoms with van der Waals surface area (Å²) in [7, 11) is 0. The van der Waals surface area contributed by atoms with E-state index in [0.29, 0.717) is 0 Å². The van der Waals surface area contributed by atoms with E-state index in [1.165, 1.54) is 0 Å². The van der Waals surface area contributed by atoms with Crippen LogP contribution in [0.2, 0.25) is 0 Å². The second-order valence-electron chi connectivity index (χ2n) is 6.19. The molecule has 0 aromatic heterocycles. The van der Waals surface area contributed by atoms with Crippen LogP contribution in [-0.2, 0) is 9.59 Å². The first-order valence-corrected chi connectivity index (χ1v) is 7.71. The largest absolute Gasteiger partial charge is 0.481 e. The van der Waals surface area contributed by atoms with Crippen molar-refractivity contribution in [2.75, 3.05) is 0 Å². The Morgan fingerprint density at radius 2 is 1.45 bits per heavy atom. The molecule has 1 unspecified atom stereocenters. The summed E-state index contributed by atoms with van der Waals surface area (Å²) in [6.07, 6.45) is 3.04. The molecule has 0 heterocycles. The highest BCUT2D eigenvalue weighted by Crippen LogP contribution is 2.30. The van der Waals surface area contributed by atoms with Gasteiger partial charge in [0.2, 0.25) is 0 Å². The topological polar surface area (TPSA) is 66.4 Å². The van der Waals surface area contributed by atoms with Gasteiger partial charge in [0.05, 0.1) is 12.5 Å². The summed E-state index contributed by atoms with van der Waals surface area (Å²) in [5.41, 5.74) is -0.645. The maximum Gasteiger partial charge on any atom is 0.305 e. The zero-order valence-corrected chi connectivity index (χ0v) is 13.9. The highest BCUT2D eigenvalue weighted by atomic mass is 16.4. The van der Waals surface area contributed by atoms with Crippen molar-refractivity contribution in [3.05, 3.63) is 0 Å². The quantitative estimate of drug-likeness (QED) is 0.645. The van der Waals surface area contributed by atoms with Crippen molar-refractivity contribution in [3.8, 4) is 0 Å². The van der Waals surface area contributed by atoms with Crippen LogP contribution in [-0.4, -0.2) is 28.4 Å². The van der Waals surface area contributed by atoms with Crippen molar-refractivity contribution >= 4 is 11.8 Å². The van der Waals surface area contributed by atoms with Crippen LogP contribution in [0.1, 0.15) is 73.6 Å². The lowest BCUT2D eigenvalue weighted by atomic mass is 9.76. The van der Waals surface area contributed by atoms with Gasteiger partial charge in [0, 0.05) is 11.0 Å². The SMILES string of the molecule is CCC(C)(CC)NC(CC(=O)O)C(=O)C(C)(CC)CC. The van der Waals surface area contributed by atoms with E-state index >= 15 is 0 Å². The van der Waals surface area contributed by atoms with Crippen molar-refractivity contribution in [1.29, 1.82) is 0 Å². The summed E-state index contributed by atoms with van der Waals surface area (Å²) in [5, 5.41) is 12.4. The molecule has 20 heavy (non-hydrogen) atoms. The molecule has 4 nitrogen and oxygen atoms in total. The van der Waals surface area contributed by atoms with E-state index in [2.05, 4.69) is 19.2 Å². The fourth-order valence-electron chi connectivity index (χ4n) is 2.28. The zero-order valence-electron chi connectivity index (χ0n) is 13.9. The van der Waals surface area contributed by atoms with Crippen LogP contribution in [0.5, 0.6) is 0 Å². The summed E-state index contributed by atoms with van der Waals surface area (Å²) in [4.78, 5) is 23.8. The van der Waals surface area contributed by atoms with E-state index in [9.17, 15) is 9.59 Å². The number of carboxylic acids is 1. The van der Waals surface area contributed by atoms with Crippen LogP contribution in [0.4, 0.5) is 0 Å². The maximum atomic E-state index is 12.7. The van der Waals surface area contributed by atoms with Gasteiger partial charge in [-0.3, -0.25) is 9.59 Å². The number of carboxylic acid groups (broad SMARTS) is 1. The second-order valence-corrected chi connectivity index (χ2v) is 6.19. The third kappa shape index (κ3) is 4.89. The second kappa shape index (κ2) is 7.77. The molecule has 0 saturated carbocycles. The fourth-order valence-corrected chi connectivity index (χ4v) is 2.28. The number of nitrogens with one attached hydrogen (secondary N) is 1. The van der Waals surface area contributed by atoms with E-state index < -0.39 is 17.4 Å². The Bertz CT molecular complexity index is 331. The third-order valence-electron chi connectivity index (χ3n) is 4.93. The van der Waals surface area contributed by atoms with E-state index in [1.54, 1.807) is 0 Å². The van der Waals surface area contributed by atoms with Crippen LogP contribution in [0.25, 0.3) is 0 Å². The average molecular weight is 285 g/mol. The van der Waals surface area contributed by atoms with Crippen molar-refractivity contribution in [2.24, 2.45) is 5.41 Å². The first-order chi connectivity index (χ1) is 9.17. The number of aliphatic carboxylic acids is 1. The maximum absolute atomic E-state index is 12.7. The molecule has 0 rings (SSSR count). The first kappa shape index (κ1) is 19.1. The van der Waals surface area contributed by atoms with Gasteiger partial charge in [-0.15, -0.1) is 0 Å². The molecular weight excluding hydrogens is 254 g/mol. The molecule has 0 aromatic carbocycles. The van der Waals surface area contributed by atoms with E-state index in [-0.39, 0.29) is 17.7 Å². The minimum absolute atomic E-state index is 0.0259. The van der Waals surface area contributed by atoms with Gasteiger partial charge in [0.25, 0.3) is 0 Å². The van der Waals surface area contributed by atoms with Gasteiger partial charge in [-0.25, -0.2) is 0 Å². The van der Waals surface area contributed by atoms with Crippen LogP contribution in [0.3, 0.4) is 0 Å². The molecule has 0 aliphatic rings. The molecule has 0 aromatic rings. The lowest BCUT2D eigenvalue weighted by Gasteiger charge is -2.36. The molecule has 0 radical (unpaired) electrons. The summed E-state index contributed by atoms with van der Waals surface area (Å²) in [5.74, 6) is -0.905. The summed E-state index contributed by atoms with van der Waals surface area (Å²) < 4.78 is 0. The number of hydrogen-bond donors (Lipinski definition) is 2. The number of carbonyl (C=O) groups is 2. The molecule has 0 bridgehead atoms. The van der Waals surface area contributed by atoms with Gasteiger partial charge in [-0.2, -0.15) is 0 Å². The highest BCUT2D eigenvalue weighted by Gasteiger charge is 2.38. The number of rotatable bonds is 10. The van der Waals surface area contributed by atoms with Crippen molar-refractivity contribution in [1.82, 2.24) is 5.32 Å². The lowest BCUT2D eigenvalue weighted by Crippen LogP contribution is -2.54. The molecule has 0 fully saturated rings. The molecular formula is C16H31NO3. The number of carbonyl (C=O) groups excluding carboxylic acids is 1. The average Bonchev–Trinajstić information content (AvgIpc) is 2.44. The van der Waals surface area contributed by atoms with Crippen LogP contribution in [0.15, 0.2) is 0 Å². The smallest absolute Gasteiger partial charge is 0.305 e. The Morgan fingerprint density at radius 3 is 1.75 bits per heavy atom. The van der Waals surface area contributed by atoms with Gasteiger partial charge < -0.3 is 10.4 Å². The summed E-state index contributed by atoms with van der Waals surface area (Å²) in [6.45, 7) is 12.1. The van der Waals surface area contributed by atoms with E-state index in [4.69, 9.17) is 5.11 Å². The van der Waals surface area contributed by atoms with Crippen molar-refractivity contribution < 1.29 is 14.7 Å². The van der Waals surface area contributed by atoms with Gasteiger partial charge in [-0.1, -0.05) is 34.6 Å². The normalized spacial score (nSPS) is 14.1. The Labute approximate surface area is 123 Å². The number of Topliss-reactive ketones (excluding diaryl/α,β-unsaturated/α-hetero) is 1. The van der Waals surface area contributed by atoms with Crippen LogP contribution < -0.4 is 5.32 Å². The lowest BCUT2D eigenvalue weighted by molar-refractivity contribution is -0.142. The van der Waals surface area contributed by atoms with Crippen molar-refractivity contribution in [3.63, 3.8) is 0 Å². The first-order valence-electron chi connectivity index (χ1n) is 7.71. The Morgan fingerprint density at radius 1 is 1.00 bits per heavy atom. The predicted molar refractivity (Wildman–Crippen MR) is 81.9 cm³/mol. The zero-order chi connectivity index (χ0) is 16.0. The molecule has 4 heteroatoms. The van der Waals surface area contributed by atoms with E-state index in [1.807, 2.05) is 27.7 Å². The minimum atomic E-state index is -0.931. The summed E-state index contributed by atoms with van der Waals surface area (Å²) in [6, 6.07) is -0.609. The fraction of sp³-hybridized carbons (Fsp3) is 0.875. The highest BCUT2D eigenvalue weighted by molar-refractivity contribution is 5.92. The Balaban J connectivity index is 5.25. The number of ketones is 1. The Kier molecular flexibility index (Phi) is 7.42. The standard InChI is InChI=1S/C16H31NO3/c1-7-15(5,8-2)14(20)12(11-13(18)19)17-16(6,9-3)10-4/h12,17H,7-11H2,1-6H3,(H,18,19). The minimum Gasteiger partial charge on any atom is -0.481 e. The summed E-state index contributed by atoms with van der Waals surface area (Å²) >= 11 is 0. The van der Waals surface area contributed by atoms with Crippen LogP contribution >= 0.6 is 0 Å². The monoisotopic (exact) mass is 285 g/mol. The van der Waals surface area contributed by atoms with Crippen molar-refractivity contribution in [2.45, 2.75) is 85.2 Å². The molecule has 1 atom stereocenters. The van der Waals surface area contributed by atoms with E-state index in [0.717, 1.165) is 25.7 Å². The van der Waals surface area contributed by atoms with Gasteiger partial charge in [0.1, 0.15) is 0 Å². The molecule has 0 spiro atoms. The molecule has 2 N–H and O–H groups in total. The van der Waals surface area contributed by atoms with Gasteiger partial charge in [0.15, 0.2) is 5.78 Å².